The molecule has 246 valence electrons. The van der Waals surface area contributed by atoms with E-state index in [4.69, 9.17) is 0 Å². The first-order chi connectivity index (χ1) is 21.8. The molecule has 0 saturated carbocycles. The molecule has 0 atom stereocenters. The number of aryl methyl sites for hydroxylation is 1. The number of hydrogen-bond acceptors (Lipinski definition) is 5. The second-order valence-corrected chi connectivity index (χ2v) is 9.24. The van der Waals surface area contributed by atoms with Gasteiger partial charge < -0.3 is 10.1 Å². The number of hydrogen-bond donors (Lipinski definition) is 0. The van der Waals surface area contributed by atoms with Crippen LogP contribution >= 0.6 is 0 Å². The molecule has 0 radical (unpaired) electrons. The van der Waals surface area contributed by atoms with Crippen molar-refractivity contribution in [1.29, 1.82) is 0 Å². The van der Waals surface area contributed by atoms with Gasteiger partial charge in [-0.15, -0.1) is 35.4 Å². The summed E-state index contributed by atoms with van der Waals surface area (Å²) >= 11 is 0. The molecule has 6 aromatic rings. The fraction of sp³-hybridized carbons (Fsp3) is 0.167. The minimum atomic E-state index is -4.57. The Balaban J connectivity index is 0.000000190. The summed E-state index contributed by atoms with van der Waals surface area (Å²) in [5.41, 5.74) is 0.978. The van der Waals surface area contributed by atoms with Crippen molar-refractivity contribution in [2.24, 2.45) is 0 Å². The number of pyridine rings is 1. The van der Waals surface area contributed by atoms with Crippen LogP contribution in [-0.4, -0.2) is 34.6 Å². The van der Waals surface area contributed by atoms with Crippen LogP contribution in [0.1, 0.15) is 28.1 Å². The Bertz CT molecular complexity index is 1800. The average molecular weight is 838 g/mol. The SMILES string of the molecule is Cc1ccc(F)[c-]c1Cn1cccn1.FC(F)(F)c1n[n-]c(-c2ccccn2)n1.Fc1[c-]c(Cn2cccn2)c(C(F)(F)F)cc1.[Ir+3]. The maximum atomic E-state index is 12.9. The predicted molar refractivity (Wildman–Crippen MR) is 146 cm³/mol. The molecule has 4 heterocycles. The van der Waals surface area contributed by atoms with Crippen LogP contribution < -0.4 is 5.10 Å². The first-order valence-corrected chi connectivity index (χ1v) is 13.1. The third-order valence-electron chi connectivity index (χ3n) is 5.88. The fourth-order valence-electron chi connectivity index (χ4n) is 3.72. The molecule has 0 aliphatic rings. The van der Waals surface area contributed by atoms with Gasteiger partial charge in [0.1, 0.15) is 5.82 Å². The Labute approximate surface area is 275 Å². The van der Waals surface area contributed by atoms with E-state index >= 15 is 0 Å². The van der Waals surface area contributed by atoms with Crippen LogP contribution in [0.25, 0.3) is 11.5 Å². The van der Waals surface area contributed by atoms with Gasteiger partial charge in [-0.2, -0.15) is 54.2 Å². The summed E-state index contributed by atoms with van der Waals surface area (Å²) in [4.78, 5) is 7.05. The van der Waals surface area contributed by atoms with Gasteiger partial charge in [0, 0.05) is 55.7 Å². The van der Waals surface area contributed by atoms with Crippen LogP contribution in [-0.2, 0) is 45.5 Å². The van der Waals surface area contributed by atoms with Gasteiger partial charge in [0.2, 0.25) is 0 Å². The van der Waals surface area contributed by atoms with Crippen LogP contribution in [0.5, 0.6) is 0 Å². The molecule has 0 bridgehead atoms. The largest absolute Gasteiger partial charge is 3.00 e. The third kappa shape index (κ3) is 10.9. The zero-order valence-electron chi connectivity index (χ0n) is 23.9. The fourth-order valence-corrected chi connectivity index (χ4v) is 3.72. The molecule has 4 aromatic heterocycles. The van der Waals surface area contributed by atoms with E-state index in [1.54, 1.807) is 35.1 Å². The normalized spacial score (nSPS) is 11.1. The Kier molecular flexibility index (Phi) is 12.6. The van der Waals surface area contributed by atoms with E-state index in [9.17, 15) is 35.1 Å². The zero-order chi connectivity index (χ0) is 33.3. The first-order valence-electron chi connectivity index (χ1n) is 13.1. The summed E-state index contributed by atoms with van der Waals surface area (Å²) in [7, 11) is 0. The van der Waals surface area contributed by atoms with Crippen LogP contribution in [0, 0.1) is 30.7 Å². The molecule has 0 amide bonds. The van der Waals surface area contributed by atoms with Gasteiger partial charge in [-0.3, -0.25) is 19.4 Å². The first kappa shape index (κ1) is 36.7. The summed E-state index contributed by atoms with van der Waals surface area (Å²) in [6, 6.07) is 17.6. The molecular formula is C30H21F8IrN8. The maximum absolute atomic E-state index is 12.9. The van der Waals surface area contributed by atoms with E-state index in [2.05, 4.69) is 42.5 Å². The van der Waals surface area contributed by atoms with Crippen molar-refractivity contribution in [3.8, 4) is 11.5 Å². The van der Waals surface area contributed by atoms with Gasteiger partial charge in [-0.1, -0.05) is 13.0 Å². The van der Waals surface area contributed by atoms with Crippen LogP contribution in [0.15, 0.2) is 85.6 Å². The summed E-state index contributed by atoms with van der Waals surface area (Å²) in [6.45, 7) is 2.34. The minimum Gasteiger partial charge on any atom is -0.413 e. The molecule has 0 saturated heterocycles. The number of aromatic nitrogens is 8. The molecule has 0 unspecified atom stereocenters. The standard InChI is InChI=1S/C11H7F4N2.C11H10FN2.C8H4F3N4.Ir/c12-9-2-3-10(11(13,14)15)8(6-9)7-17-5-1-4-16-17;1-9-3-4-11(12)7-10(9)8-14-6-2-5-13-14;9-8(10,11)7-13-6(14-15-7)5-3-1-2-4-12-5;/h1-5H,7H2;2-6H,8H2,1H3;1-4H;/q3*-1;+3. The van der Waals surface area contributed by atoms with Crippen molar-refractivity contribution in [2.75, 3.05) is 0 Å². The summed E-state index contributed by atoms with van der Waals surface area (Å²) in [5, 5.41) is 14.1. The Morgan fingerprint density at radius 1 is 0.723 bits per heavy atom. The quantitative estimate of drug-likeness (QED) is 0.144. The van der Waals surface area contributed by atoms with Gasteiger partial charge >= 0.3 is 32.5 Å². The van der Waals surface area contributed by atoms with Crippen molar-refractivity contribution in [3.63, 3.8) is 0 Å². The zero-order valence-corrected chi connectivity index (χ0v) is 26.3. The second kappa shape index (κ2) is 16.2. The number of rotatable bonds is 5. The molecule has 2 aromatic carbocycles. The van der Waals surface area contributed by atoms with E-state index in [0.29, 0.717) is 12.6 Å². The number of halogens is 8. The molecule has 0 aliphatic carbocycles. The van der Waals surface area contributed by atoms with E-state index < -0.39 is 29.6 Å². The summed E-state index contributed by atoms with van der Waals surface area (Å²) in [5.74, 6) is -2.51. The van der Waals surface area contributed by atoms with Crippen molar-refractivity contribution in [2.45, 2.75) is 32.4 Å². The maximum Gasteiger partial charge on any atom is 3.00 e. The smallest absolute Gasteiger partial charge is 0.413 e. The minimum absolute atomic E-state index is 0. The van der Waals surface area contributed by atoms with E-state index in [-0.39, 0.29) is 49.5 Å². The van der Waals surface area contributed by atoms with Gasteiger partial charge in [-0.05, 0) is 35.7 Å². The van der Waals surface area contributed by atoms with Crippen molar-refractivity contribution in [3.05, 3.63) is 137 Å². The van der Waals surface area contributed by atoms with Gasteiger partial charge in [-0.25, -0.2) is 8.78 Å². The molecule has 47 heavy (non-hydrogen) atoms. The number of nitrogens with zero attached hydrogens (tertiary/aromatic N) is 8. The Hall–Kier alpha value is -4.76. The molecule has 8 nitrogen and oxygen atoms in total. The van der Waals surface area contributed by atoms with Crippen molar-refractivity contribution in [1.82, 2.24) is 39.7 Å². The van der Waals surface area contributed by atoms with E-state index in [1.165, 1.54) is 35.4 Å². The second-order valence-electron chi connectivity index (χ2n) is 9.24. The van der Waals surface area contributed by atoms with E-state index in [1.807, 2.05) is 19.2 Å². The van der Waals surface area contributed by atoms with Crippen molar-refractivity contribution < 1.29 is 55.2 Å². The topological polar surface area (TPSA) is 88.4 Å². The molecular weight excluding hydrogens is 817 g/mol. The Morgan fingerprint density at radius 2 is 1.32 bits per heavy atom. The van der Waals surface area contributed by atoms with Crippen LogP contribution in [0.2, 0.25) is 0 Å². The molecule has 0 fully saturated rings. The molecule has 17 heteroatoms. The van der Waals surface area contributed by atoms with Gasteiger partial charge in [0.25, 0.3) is 0 Å². The molecule has 0 spiro atoms. The van der Waals surface area contributed by atoms with Crippen LogP contribution in [0.3, 0.4) is 0 Å². The van der Waals surface area contributed by atoms with E-state index in [0.717, 1.165) is 17.2 Å². The molecule has 0 N–H and O–H groups in total. The summed E-state index contributed by atoms with van der Waals surface area (Å²) in [6.07, 6.45) is -1.16. The Morgan fingerprint density at radius 3 is 1.83 bits per heavy atom. The number of benzene rings is 2. The number of alkyl halides is 6. The monoisotopic (exact) mass is 838 g/mol. The van der Waals surface area contributed by atoms with Gasteiger partial charge in [0.15, 0.2) is 0 Å². The third-order valence-corrected chi connectivity index (χ3v) is 5.88. The summed E-state index contributed by atoms with van der Waals surface area (Å²) < 4.78 is 103. The predicted octanol–water partition coefficient (Wildman–Crippen LogP) is 6.58. The van der Waals surface area contributed by atoms with Crippen LogP contribution in [0.4, 0.5) is 35.1 Å². The van der Waals surface area contributed by atoms with Crippen molar-refractivity contribution >= 4 is 0 Å². The average Bonchev–Trinajstić information content (AvgIpc) is 3.79. The molecule has 0 aliphatic heterocycles. The van der Waals surface area contributed by atoms with Gasteiger partial charge in [0.05, 0.1) is 5.69 Å². The molecule has 6 rings (SSSR count).